The Balaban J connectivity index is 1.72. The van der Waals surface area contributed by atoms with Crippen LogP contribution in [0.1, 0.15) is 40.7 Å². The van der Waals surface area contributed by atoms with Crippen molar-refractivity contribution in [2.75, 3.05) is 5.75 Å². The van der Waals surface area contributed by atoms with Gasteiger partial charge in [-0.1, -0.05) is 18.2 Å². The lowest BCUT2D eigenvalue weighted by atomic mass is 10.1. The molecule has 6 nitrogen and oxygen atoms in total. The van der Waals surface area contributed by atoms with Gasteiger partial charge in [0, 0.05) is 17.3 Å². The van der Waals surface area contributed by atoms with Crippen molar-refractivity contribution in [3.63, 3.8) is 0 Å². The van der Waals surface area contributed by atoms with Crippen LogP contribution < -0.4 is 5.32 Å². The molecule has 7 heteroatoms. The molecule has 0 spiro atoms. The van der Waals surface area contributed by atoms with Gasteiger partial charge in [-0.05, 0) is 51.0 Å². The van der Waals surface area contributed by atoms with Crippen molar-refractivity contribution in [3.8, 4) is 0 Å². The lowest BCUT2D eigenvalue weighted by Crippen LogP contribution is -2.36. The number of sulfone groups is 1. The molecule has 0 bridgehead atoms. The summed E-state index contributed by atoms with van der Waals surface area (Å²) in [6.07, 6.45) is 2.24. The number of nitrogens with zero attached hydrogens (tertiary/aromatic N) is 2. The van der Waals surface area contributed by atoms with Crippen LogP contribution >= 0.6 is 0 Å². The van der Waals surface area contributed by atoms with Crippen LogP contribution in [0.3, 0.4) is 0 Å². The fourth-order valence-corrected chi connectivity index (χ4v) is 4.67. The van der Waals surface area contributed by atoms with E-state index in [1.54, 1.807) is 30.3 Å². The molecule has 3 rings (SSSR count). The van der Waals surface area contributed by atoms with Crippen LogP contribution in [0, 0.1) is 13.8 Å². The summed E-state index contributed by atoms with van der Waals surface area (Å²) in [6, 6.07) is 8.65. The number of hydrogen-bond acceptors (Lipinski definition) is 4. The SMILES string of the molecule is Cc1cc(C)n(C[C@H](C)NC(=O)c2cccc(C3=CCCS3(=O)=O)c2)n1. The molecule has 1 aliphatic heterocycles. The van der Waals surface area contributed by atoms with Crippen LogP contribution in [0.15, 0.2) is 36.4 Å². The first kappa shape index (κ1) is 18.4. The summed E-state index contributed by atoms with van der Waals surface area (Å²) in [5, 5.41) is 7.35. The molecule has 1 amide bonds. The summed E-state index contributed by atoms with van der Waals surface area (Å²) in [6.45, 7) is 6.41. The number of carbonyl (C=O) groups is 1. The Labute approximate surface area is 153 Å². The maximum atomic E-state index is 12.6. The van der Waals surface area contributed by atoms with Gasteiger partial charge in [0.2, 0.25) is 0 Å². The number of allylic oxidation sites excluding steroid dienone is 1. The summed E-state index contributed by atoms with van der Waals surface area (Å²) >= 11 is 0. The fraction of sp³-hybridized carbons (Fsp3) is 0.368. The predicted octanol–water partition coefficient (Wildman–Crippen LogP) is 2.48. The van der Waals surface area contributed by atoms with E-state index in [-0.39, 0.29) is 17.7 Å². The van der Waals surface area contributed by atoms with Crippen molar-refractivity contribution in [2.45, 2.75) is 39.8 Å². The van der Waals surface area contributed by atoms with E-state index in [1.807, 2.05) is 31.5 Å². The molecule has 0 aliphatic carbocycles. The van der Waals surface area contributed by atoms with Crippen molar-refractivity contribution >= 4 is 20.6 Å². The molecule has 0 radical (unpaired) electrons. The van der Waals surface area contributed by atoms with Gasteiger partial charge < -0.3 is 5.32 Å². The summed E-state index contributed by atoms with van der Waals surface area (Å²) in [7, 11) is -3.23. The highest BCUT2D eigenvalue weighted by atomic mass is 32.2. The molecule has 0 unspecified atom stereocenters. The molecule has 1 aliphatic rings. The molecule has 1 atom stereocenters. The summed E-state index contributed by atoms with van der Waals surface area (Å²) in [5.74, 6) is -0.0878. The highest BCUT2D eigenvalue weighted by molar-refractivity contribution is 8.00. The average molecular weight is 373 g/mol. The molecule has 26 heavy (non-hydrogen) atoms. The van der Waals surface area contributed by atoms with Crippen molar-refractivity contribution in [1.29, 1.82) is 0 Å². The number of nitrogens with one attached hydrogen (secondary N) is 1. The summed E-state index contributed by atoms with van der Waals surface area (Å²) in [4.78, 5) is 12.9. The van der Waals surface area contributed by atoms with Gasteiger partial charge in [0.05, 0.1) is 22.9 Å². The van der Waals surface area contributed by atoms with Crippen LogP contribution in [0.2, 0.25) is 0 Å². The van der Waals surface area contributed by atoms with Crippen LogP contribution in [-0.2, 0) is 16.4 Å². The topological polar surface area (TPSA) is 81.1 Å². The largest absolute Gasteiger partial charge is 0.348 e. The maximum absolute atomic E-state index is 12.6. The fourth-order valence-electron chi connectivity index (χ4n) is 3.17. The van der Waals surface area contributed by atoms with Crippen LogP contribution in [0.4, 0.5) is 0 Å². The van der Waals surface area contributed by atoms with E-state index in [9.17, 15) is 13.2 Å². The van der Waals surface area contributed by atoms with Gasteiger partial charge >= 0.3 is 0 Å². The third kappa shape index (κ3) is 3.88. The third-order valence-corrected chi connectivity index (χ3v) is 6.23. The lowest BCUT2D eigenvalue weighted by Gasteiger charge is -2.15. The Hall–Kier alpha value is -2.41. The van der Waals surface area contributed by atoms with E-state index < -0.39 is 9.84 Å². The molecule has 1 aromatic carbocycles. The molecule has 2 aromatic rings. The zero-order chi connectivity index (χ0) is 18.9. The normalized spacial score (nSPS) is 17.0. The molecule has 2 heterocycles. The number of aromatic nitrogens is 2. The quantitative estimate of drug-likeness (QED) is 0.873. The highest BCUT2D eigenvalue weighted by Crippen LogP contribution is 2.28. The number of hydrogen-bond donors (Lipinski definition) is 1. The second-order valence-corrected chi connectivity index (χ2v) is 8.82. The monoisotopic (exact) mass is 373 g/mol. The predicted molar refractivity (Wildman–Crippen MR) is 101 cm³/mol. The van der Waals surface area contributed by atoms with E-state index in [0.717, 1.165) is 11.4 Å². The Morgan fingerprint density at radius 1 is 1.31 bits per heavy atom. The summed E-state index contributed by atoms with van der Waals surface area (Å²) < 4.78 is 26.0. The smallest absolute Gasteiger partial charge is 0.251 e. The minimum Gasteiger partial charge on any atom is -0.348 e. The van der Waals surface area contributed by atoms with E-state index >= 15 is 0 Å². The van der Waals surface area contributed by atoms with Crippen molar-refractivity contribution < 1.29 is 13.2 Å². The first-order valence-electron chi connectivity index (χ1n) is 8.61. The van der Waals surface area contributed by atoms with Gasteiger partial charge in [-0.2, -0.15) is 5.10 Å². The molecule has 0 saturated heterocycles. The van der Waals surface area contributed by atoms with E-state index in [2.05, 4.69) is 10.4 Å². The Morgan fingerprint density at radius 2 is 2.08 bits per heavy atom. The molecular weight excluding hydrogens is 350 g/mol. The number of amides is 1. The third-order valence-electron chi connectivity index (χ3n) is 4.39. The molecule has 0 saturated carbocycles. The first-order valence-corrected chi connectivity index (χ1v) is 10.3. The zero-order valence-electron chi connectivity index (χ0n) is 15.2. The van der Waals surface area contributed by atoms with Gasteiger partial charge in [-0.15, -0.1) is 0 Å². The van der Waals surface area contributed by atoms with Gasteiger partial charge in [-0.3, -0.25) is 9.48 Å². The van der Waals surface area contributed by atoms with Gasteiger partial charge in [-0.25, -0.2) is 8.42 Å². The van der Waals surface area contributed by atoms with E-state index in [0.29, 0.717) is 29.0 Å². The lowest BCUT2D eigenvalue weighted by molar-refractivity contribution is 0.0935. The number of aryl methyl sites for hydroxylation is 2. The second kappa shape index (κ2) is 7.07. The molecule has 0 fully saturated rings. The Bertz CT molecular complexity index is 974. The molecule has 138 valence electrons. The maximum Gasteiger partial charge on any atom is 0.251 e. The minimum absolute atomic E-state index is 0.112. The average Bonchev–Trinajstić information content (AvgIpc) is 3.08. The zero-order valence-corrected chi connectivity index (χ0v) is 16.0. The summed E-state index contributed by atoms with van der Waals surface area (Å²) in [5.41, 5.74) is 3.01. The molecule has 1 aromatic heterocycles. The number of carbonyl (C=O) groups excluding carboxylic acids is 1. The van der Waals surface area contributed by atoms with Crippen LogP contribution in [-0.4, -0.2) is 35.9 Å². The van der Waals surface area contributed by atoms with E-state index in [1.165, 1.54) is 0 Å². The van der Waals surface area contributed by atoms with E-state index in [4.69, 9.17) is 0 Å². The standard InChI is InChI=1S/C19H23N3O3S/c1-13-10-15(3)22(21-13)12-14(2)20-19(23)17-7-4-6-16(11-17)18-8-5-9-26(18,24)25/h4,6-8,10-11,14H,5,9,12H2,1-3H3,(H,20,23)/t14-/m0/s1. The Morgan fingerprint density at radius 3 is 2.69 bits per heavy atom. The van der Waals surface area contributed by atoms with Gasteiger partial charge in [0.1, 0.15) is 0 Å². The van der Waals surface area contributed by atoms with Gasteiger partial charge in [0.25, 0.3) is 5.91 Å². The van der Waals surface area contributed by atoms with Gasteiger partial charge in [0.15, 0.2) is 9.84 Å². The first-order chi connectivity index (χ1) is 12.3. The molecular formula is C19H23N3O3S. The highest BCUT2D eigenvalue weighted by Gasteiger charge is 2.24. The van der Waals surface area contributed by atoms with Crippen molar-refractivity contribution in [2.24, 2.45) is 0 Å². The second-order valence-electron chi connectivity index (χ2n) is 6.74. The minimum atomic E-state index is -3.23. The molecule has 1 N–H and O–H groups in total. The number of benzene rings is 1. The van der Waals surface area contributed by atoms with Crippen LogP contribution in [0.5, 0.6) is 0 Å². The van der Waals surface area contributed by atoms with Crippen molar-refractivity contribution in [3.05, 3.63) is 58.9 Å². The Kier molecular flexibility index (Phi) is 5.00. The number of rotatable bonds is 5. The van der Waals surface area contributed by atoms with Crippen LogP contribution in [0.25, 0.3) is 4.91 Å². The van der Waals surface area contributed by atoms with Crippen molar-refractivity contribution in [1.82, 2.24) is 15.1 Å².